The van der Waals surface area contributed by atoms with Gasteiger partial charge in [-0.15, -0.1) is 0 Å². The lowest BCUT2D eigenvalue weighted by Gasteiger charge is -2.28. The SMILES string of the molecule is CC(NC(=O)OC(C)(C)C)C(C)(C)O. The third-order valence-electron chi connectivity index (χ3n) is 1.79. The van der Waals surface area contributed by atoms with E-state index in [0.717, 1.165) is 0 Å². The van der Waals surface area contributed by atoms with Crippen LogP contribution in [0.2, 0.25) is 0 Å². The van der Waals surface area contributed by atoms with Gasteiger partial charge in [-0.05, 0) is 41.5 Å². The smallest absolute Gasteiger partial charge is 0.407 e. The molecule has 0 aromatic heterocycles. The first-order valence-electron chi connectivity index (χ1n) is 4.74. The van der Waals surface area contributed by atoms with Gasteiger partial charge in [-0.2, -0.15) is 0 Å². The van der Waals surface area contributed by atoms with Crippen LogP contribution in [0.1, 0.15) is 41.5 Å². The molecule has 0 rings (SSSR count). The minimum Gasteiger partial charge on any atom is -0.444 e. The van der Waals surface area contributed by atoms with E-state index < -0.39 is 17.3 Å². The lowest BCUT2D eigenvalue weighted by atomic mass is 10.0. The lowest BCUT2D eigenvalue weighted by Crippen LogP contribution is -2.48. The monoisotopic (exact) mass is 203 g/mol. The van der Waals surface area contributed by atoms with Crippen LogP contribution in [0.3, 0.4) is 0 Å². The van der Waals surface area contributed by atoms with Crippen LogP contribution in [-0.4, -0.2) is 28.4 Å². The molecule has 14 heavy (non-hydrogen) atoms. The Morgan fingerprint density at radius 2 is 1.71 bits per heavy atom. The zero-order chi connectivity index (χ0) is 11.6. The molecule has 1 amide bonds. The summed E-state index contributed by atoms with van der Waals surface area (Å²) in [5, 5.41) is 12.1. The van der Waals surface area contributed by atoms with Crippen molar-refractivity contribution in [1.82, 2.24) is 5.32 Å². The Balaban J connectivity index is 4.09. The number of aliphatic hydroxyl groups is 1. The predicted molar refractivity (Wildman–Crippen MR) is 55.1 cm³/mol. The summed E-state index contributed by atoms with van der Waals surface area (Å²) >= 11 is 0. The molecule has 0 bridgehead atoms. The van der Waals surface area contributed by atoms with Crippen LogP contribution in [0.4, 0.5) is 4.79 Å². The molecule has 4 nitrogen and oxygen atoms in total. The third kappa shape index (κ3) is 5.80. The van der Waals surface area contributed by atoms with Gasteiger partial charge in [0.25, 0.3) is 0 Å². The van der Waals surface area contributed by atoms with Gasteiger partial charge in [0.2, 0.25) is 0 Å². The molecular formula is C10H21NO3. The molecule has 0 radical (unpaired) electrons. The zero-order valence-corrected chi connectivity index (χ0v) is 9.84. The molecule has 2 N–H and O–H groups in total. The van der Waals surface area contributed by atoms with Gasteiger partial charge in [0.05, 0.1) is 11.6 Å². The van der Waals surface area contributed by atoms with E-state index in [-0.39, 0.29) is 6.04 Å². The summed E-state index contributed by atoms with van der Waals surface area (Å²) in [5.41, 5.74) is -1.46. The first-order chi connectivity index (χ1) is 6.02. The van der Waals surface area contributed by atoms with E-state index in [0.29, 0.717) is 0 Å². The number of nitrogens with one attached hydrogen (secondary N) is 1. The second-order valence-corrected chi connectivity index (χ2v) is 5.02. The molecule has 0 aromatic carbocycles. The lowest BCUT2D eigenvalue weighted by molar-refractivity contribution is 0.0213. The van der Waals surface area contributed by atoms with E-state index in [1.807, 2.05) is 0 Å². The zero-order valence-electron chi connectivity index (χ0n) is 9.84. The van der Waals surface area contributed by atoms with Crippen molar-refractivity contribution in [3.8, 4) is 0 Å². The van der Waals surface area contributed by atoms with Crippen molar-refractivity contribution in [1.29, 1.82) is 0 Å². The number of ether oxygens (including phenoxy) is 1. The summed E-state index contributed by atoms with van der Waals surface area (Å²) in [5.74, 6) is 0. The van der Waals surface area contributed by atoms with Gasteiger partial charge in [0, 0.05) is 0 Å². The standard InChI is InChI=1S/C10H21NO3/c1-7(10(5,6)13)11-8(12)14-9(2,3)4/h7,13H,1-6H3,(H,11,12). The van der Waals surface area contributed by atoms with E-state index in [9.17, 15) is 9.90 Å². The summed E-state index contributed by atoms with van der Waals surface area (Å²) in [7, 11) is 0. The maximum atomic E-state index is 11.3. The highest BCUT2D eigenvalue weighted by Crippen LogP contribution is 2.10. The molecule has 0 spiro atoms. The van der Waals surface area contributed by atoms with Crippen LogP contribution in [0.15, 0.2) is 0 Å². The number of hydrogen-bond acceptors (Lipinski definition) is 3. The Morgan fingerprint density at radius 1 is 1.29 bits per heavy atom. The second kappa shape index (κ2) is 4.17. The molecule has 4 heteroatoms. The number of rotatable bonds is 2. The molecule has 0 heterocycles. The predicted octanol–water partition coefficient (Wildman–Crippen LogP) is 1.67. The van der Waals surface area contributed by atoms with Crippen LogP contribution in [-0.2, 0) is 4.74 Å². The van der Waals surface area contributed by atoms with Crippen molar-refractivity contribution in [2.75, 3.05) is 0 Å². The number of alkyl carbamates (subject to hydrolysis) is 1. The summed E-state index contributed by atoms with van der Waals surface area (Å²) in [4.78, 5) is 11.3. The normalized spacial score (nSPS) is 14.8. The quantitative estimate of drug-likeness (QED) is 0.717. The van der Waals surface area contributed by atoms with Crippen molar-refractivity contribution in [2.24, 2.45) is 0 Å². The molecule has 84 valence electrons. The first kappa shape index (κ1) is 13.2. The molecule has 0 saturated heterocycles. The van der Waals surface area contributed by atoms with E-state index in [2.05, 4.69) is 5.32 Å². The van der Waals surface area contributed by atoms with Crippen molar-refractivity contribution < 1.29 is 14.6 Å². The van der Waals surface area contributed by atoms with Crippen molar-refractivity contribution in [3.05, 3.63) is 0 Å². The van der Waals surface area contributed by atoms with E-state index in [4.69, 9.17) is 4.74 Å². The number of carbonyl (C=O) groups is 1. The Morgan fingerprint density at radius 3 is 2.00 bits per heavy atom. The number of carbonyl (C=O) groups excluding carboxylic acids is 1. The molecular weight excluding hydrogens is 182 g/mol. The fraction of sp³-hybridized carbons (Fsp3) is 0.900. The molecule has 0 aromatic rings. The maximum Gasteiger partial charge on any atom is 0.407 e. The second-order valence-electron chi connectivity index (χ2n) is 5.02. The Hall–Kier alpha value is -0.770. The highest BCUT2D eigenvalue weighted by molar-refractivity contribution is 5.68. The topological polar surface area (TPSA) is 58.6 Å². The molecule has 0 saturated carbocycles. The average Bonchev–Trinajstić information content (AvgIpc) is 1.79. The van der Waals surface area contributed by atoms with Crippen LogP contribution >= 0.6 is 0 Å². The molecule has 1 unspecified atom stereocenters. The van der Waals surface area contributed by atoms with Crippen molar-refractivity contribution in [3.63, 3.8) is 0 Å². The van der Waals surface area contributed by atoms with Crippen LogP contribution in [0.25, 0.3) is 0 Å². The van der Waals surface area contributed by atoms with Crippen LogP contribution in [0.5, 0.6) is 0 Å². The summed E-state index contributed by atoms with van der Waals surface area (Å²) in [6.45, 7) is 10.4. The Labute approximate surface area is 85.6 Å². The largest absolute Gasteiger partial charge is 0.444 e. The number of hydrogen-bond donors (Lipinski definition) is 2. The fourth-order valence-corrected chi connectivity index (χ4v) is 0.661. The maximum absolute atomic E-state index is 11.3. The summed E-state index contributed by atoms with van der Waals surface area (Å²) < 4.78 is 5.04. The van der Waals surface area contributed by atoms with E-state index >= 15 is 0 Å². The van der Waals surface area contributed by atoms with Gasteiger partial charge in [-0.3, -0.25) is 0 Å². The van der Waals surface area contributed by atoms with Gasteiger partial charge < -0.3 is 15.2 Å². The molecule has 0 aliphatic carbocycles. The highest BCUT2D eigenvalue weighted by Gasteiger charge is 2.26. The van der Waals surface area contributed by atoms with Crippen LogP contribution < -0.4 is 5.32 Å². The average molecular weight is 203 g/mol. The molecule has 1 atom stereocenters. The van der Waals surface area contributed by atoms with Gasteiger partial charge in [-0.1, -0.05) is 0 Å². The minimum absolute atomic E-state index is 0.350. The van der Waals surface area contributed by atoms with E-state index in [1.165, 1.54) is 0 Å². The van der Waals surface area contributed by atoms with Crippen molar-refractivity contribution >= 4 is 6.09 Å². The molecule has 0 aliphatic heterocycles. The van der Waals surface area contributed by atoms with Gasteiger partial charge in [-0.25, -0.2) is 4.79 Å². The summed E-state index contributed by atoms with van der Waals surface area (Å²) in [6, 6.07) is -0.350. The minimum atomic E-state index is -0.948. The van der Waals surface area contributed by atoms with Gasteiger partial charge >= 0.3 is 6.09 Å². The van der Waals surface area contributed by atoms with E-state index in [1.54, 1.807) is 41.5 Å². The Kier molecular flexibility index (Phi) is 3.94. The first-order valence-corrected chi connectivity index (χ1v) is 4.74. The third-order valence-corrected chi connectivity index (χ3v) is 1.79. The summed E-state index contributed by atoms with van der Waals surface area (Å²) in [6.07, 6.45) is -0.507. The van der Waals surface area contributed by atoms with Gasteiger partial charge in [0.15, 0.2) is 0 Å². The number of amides is 1. The van der Waals surface area contributed by atoms with Crippen molar-refractivity contribution in [2.45, 2.75) is 58.8 Å². The molecule has 0 fully saturated rings. The Bertz CT molecular complexity index is 200. The fourth-order valence-electron chi connectivity index (χ4n) is 0.661. The van der Waals surface area contributed by atoms with Gasteiger partial charge in [0.1, 0.15) is 5.60 Å². The van der Waals surface area contributed by atoms with Crippen LogP contribution in [0, 0.1) is 0 Å². The molecule has 0 aliphatic rings. The highest BCUT2D eigenvalue weighted by atomic mass is 16.6.